The van der Waals surface area contributed by atoms with Crippen LogP contribution in [-0.4, -0.2) is 16.2 Å². The molecule has 0 aliphatic carbocycles. The number of aliphatic hydroxyl groups is 1. The van der Waals surface area contributed by atoms with Crippen molar-refractivity contribution in [1.82, 2.24) is 4.98 Å². The van der Waals surface area contributed by atoms with Crippen LogP contribution in [-0.2, 0) is 0 Å². The predicted molar refractivity (Wildman–Crippen MR) is 47.3 cm³/mol. The Hall–Kier alpha value is -1.13. The summed E-state index contributed by atoms with van der Waals surface area (Å²) in [6.45, 7) is 1.63. The van der Waals surface area contributed by atoms with Crippen LogP contribution in [0.1, 0.15) is 18.5 Å². The van der Waals surface area contributed by atoms with Crippen LogP contribution in [0.25, 0.3) is 0 Å². The van der Waals surface area contributed by atoms with Gasteiger partial charge in [-0.1, -0.05) is 0 Å². The van der Waals surface area contributed by atoms with Crippen LogP contribution in [0.3, 0.4) is 0 Å². The predicted octanol–water partition coefficient (Wildman–Crippen LogP) is 0.0444. The molecule has 66 valence electrons. The number of rotatable bonds is 2. The Morgan fingerprint density at radius 2 is 2.17 bits per heavy atom. The highest BCUT2D eigenvalue weighted by Crippen LogP contribution is 2.14. The minimum Gasteiger partial charge on any atom is -0.397 e. The third-order valence-corrected chi connectivity index (χ3v) is 1.69. The van der Waals surface area contributed by atoms with Crippen molar-refractivity contribution in [2.45, 2.75) is 19.1 Å². The molecule has 1 heterocycles. The molecule has 0 radical (unpaired) electrons. The Morgan fingerprint density at radius 3 is 2.67 bits per heavy atom. The molecular weight excluding hydrogens is 154 g/mol. The Labute approximate surface area is 71.2 Å². The molecule has 1 rings (SSSR count). The van der Waals surface area contributed by atoms with Crippen molar-refractivity contribution in [2.75, 3.05) is 5.73 Å². The van der Waals surface area contributed by atoms with Crippen LogP contribution in [0, 0.1) is 0 Å². The molecule has 0 aliphatic rings. The summed E-state index contributed by atoms with van der Waals surface area (Å²) in [5.41, 5.74) is 12.5. The van der Waals surface area contributed by atoms with Gasteiger partial charge in [-0.15, -0.1) is 0 Å². The maximum Gasteiger partial charge on any atom is 0.0705 e. The van der Waals surface area contributed by atoms with E-state index < -0.39 is 12.1 Å². The van der Waals surface area contributed by atoms with Gasteiger partial charge >= 0.3 is 0 Å². The van der Waals surface area contributed by atoms with Crippen LogP contribution in [0.5, 0.6) is 0 Å². The molecule has 1 aromatic heterocycles. The third kappa shape index (κ3) is 1.93. The van der Waals surface area contributed by atoms with E-state index in [9.17, 15) is 5.11 Å². The summed E-state index contributed by atoms with van der Waals surface area (Å²) in [4.78, 5) is 3.87. The monoisotopic (exact) mass is 167 g/mol. The van der Waals surface area contributed by atoms with Gasteiger partial charge in [0.05, 0.1) is 17.8 Å². The fourth-order valence-electron chi connectivity index (χ4n) is 0.937. The Kier molecular flexibility index (Phi) is 2.62. The van der Waals surface area contributed by atoms with Gasteiger partial charge in [-0.3, -0.25) is 4.98 Å². The van der Waals surface area contributed by atoms with E-state index in [1.54, 1.807) is 19.2 Å². The van der Waals surface area contributed by atoms with E-state index in [1.807, 2.05) is 0 Å². The van der Waals surface area contributed by atoms with Crippen molar-refractivity contribution < 1.29 is 5.11 Å². The lowest BCUT2D eigenvalue weighted by atomic mass is 10.1. The first-order chi connectivity index (χ1) is 5.61. The van der Waals surface area contributed by atoms with Gasteiger partial charge in [-0.05, 0) is 18.6 Å². The molecule has 5 N–H and O–H groups in total. The van der Waals surface area contributed by atoms with Gasteiger partial charge in [0.1, 0.15) is 0 Å². The van der Waals surface area contributed by atoms with Gasteiger partial charge in [-0.25, -0.2) is 0 Å². The molecule has 0 saturated heterocycles. The van der Waals surface area contributed by atoms with E-state index in [-0.39, 0.29) is 0 Å². The Balaban J connectivity index is 2.88. The molecule has 4 nitrogen and oxygen atoms in total. The number of aromatic nitrogens is 1. The molecule has 0 saturated carbocycles. The average molecular weight is 167 g/mol. The number of pyridine rings is 1. The number of nitrogen functional groups attached to an aromatic ring is 1. The van der Waals surface area contributed by atoms with Crippen molar-refractivity contribution in [3.63, 3.8) is 0 Å². The standard InChI is InChI=1S/C8H13N3O/c1-5(12)8(10)6-2-7(9)4-11-3-6/h2-5,8,12H,9-10H2,1H3/t5-,8+/m0/s1. The van der Waals surface area contributed by atoms with E-state index in [0.717, 1.165) is 5.56 Å². The van der Waals surface area contributed by atoms with E-state index >= 15 is 0 Å². The maximum absolute atomic E-state index is 9.17. The summed E-state index contributed by atoms with van der Waals surface area (Å²) < 4.78 is 0. The highest BCUT2D eigenvalue weighted by atomic mass is 16.3. The van der Waals surface area contributed by atoms with Crippen LogP contribution in [0.4, 0.5) is 5.69 Å². The molecule has 0 amide bonds. The second kappa shape index (κ2) is 3.51. The van der Waals surface area contributed by atoms with Gasteiger partial charge in [0, 0.05) is 12.4 Å². The SMILES string of the molecule is C[C@H](O)[C@@H](N)c1cncc(N)c1. The molecule has 4 heteroatoms. The molecule has 0 unspecified atom stereocenters. The first-order valence-corrected chi connectivity index (χ1v) is 3.75. The van der Waals surface area contributed by atoms with Gasteiger partial charge in [0.15, 0.2) is 0 Å². The van der Waals surface area contributed by atoms with Crippen LogP contribution in [0.15, 0.2) is 18.5 Å². The maximum atomic E-state index is 9.17. The zero-order chi connectivity index (χ0) is 9.14. The fraction of sp³-hybridized carbons (Fsp3) is 0.375. The van der Waals surface area contributed by atoms with Gasteiger partial charge < -0.3 is 16.6 Å². The van der Waals surface area contributed by atoms with Crippen LogP contribution in [0.2, 0.25) is 0 Å². The summed E-state index contributed by atoms with van der Waals surface area (Å²) in [6.07, 6.45) is 2.56. The van der Waals surface area contributed by atoms with Crippen molar-refractivity contribution in [2.24, 2.45) is 5.73 Å². The molecule has 0 aliphatic heterocycles. The number of nitrogens with two attached hydrogens (primary N) is 2. The lowest BCUT2D eigenvalue weighted by Crippen LogP contribution is -2.23. The average Bonchev–Trinajstić information content (AvgIpc) is 2.03. The summed E-state index contributed by atoms with van der Waals surface area (Å²) >= 11 is 0. The Morgan fingerprint density at radius 1 is 1.50 bits per heavy atom. The van der Waals surface area contributed by atoms with Crippen molar-refractivity contribution in [3.8, 4) is 0 Å². The molecule has 0 aromatic carbocycles. The number of anilines is 1. The lowest BCUT2D eigenvalue weighted by molar-refractivity contribution is 0.164. The van der Waals surface area contributed by atoms with Crippen molar-refractivity contribution >= 4 is 5.69 Å². The van der Waals surface area contributed by atoms with Gasteiger partial charge in [-0.2, -0.15) is 0 Å². The summed E-state index contributed by atoms with van der Waals surface area (Å²) in [5.74, 6) is 0. The van der Waals surface area contributed by atoms with Crippen molar-refractivity contribution in [3.05, 3.63) is 24.0 Å². The minimum absolute atomic E-state index is 0.416. The third-order valence-electron chi connectivity index (χ3n) is 1.69. The largest absolute Gasteiger partial charge is 0.397 e. The first kappa shape index (κ1) is 8.96. The lowest BCUT2D eigenvalue weighted by Gasteiger charge is -2.14. The molecule has 2 atom stereocenters. The Bertz CT molecular complexity index is 262. The zero-order valence-electron chi connectivity index (χ0n) is 6.94. The highest BCUT2D eigenvalue weighted by molar-refractivity contribution is 5.38. The van der Waals surface area contributed by atoms with E-state index in [0.29, 0.717) is 5.69 Å². The quantitative estimate of drug-likeness (QED) is 0.580. The molecular formula is C8H13N3O. The number of hydrogen-bond donors (Lipinski definition) is 3. The van der Waals surface area contributed by atoms with Crippen molar-refractivity contribution in [1.29, 1.82) is 0 Å². The van der Waals surface area contributed by atoms with Gasteiger partial charge in [0.25, 0.3) is 0 Å². The van der Waals surface area contributed by atoms with E-state index in [4.69, 9.17) is 11.5 Å². The normalized spacial score (nSPS) is 15.6. The summed E-state index contributed by atoms with van der Waals surface area (Å²) in [6, 6.07) is 1.30. The number of nitrogens with zero attached hydrogens (tertiary/aromatic N) is 1. The molecule has 0 bridgehead atoms. The van der Waals surface area contributed by atoms with E-state index in [2.05, 4.69) is 4.98 Å². The fourth-order valence-corrected chi connectivity index (χ4v) is 0.937. The van der Waals surface area contributed by atoms with Gasteiger partial charge in [0.2, 0.25) is 0 Å². The summed E-state index contributed by atoms with van der Waals surface area (Å²) in [5, 5.41) is 9.17. The second-order valence-corrected chi connectivity index (χ2v) is 2.82. The molecule has 1 aromatic rings. The first-order valence-electron chi connectivity index (χ1n) is 3.75. The summed E-state index contributed by atoms with van der Waals surface area (Å²) in [7, 11) is 0. The highest BCUT2D eigenvalue weighted by Gasteiger charge is 2.11. The second-order valence-electron chi connectivity index (χ2n) is 2.82. The zero-order valence-corrected chi connectivity index (χ0v) is 6.94. The topological polar surface area (TPSA) is 85.2 Å². The number of hydrogen-bond acceptors (Lipinski definition) is 4. The molecule has 0 fully saturated rings. The molecule has 12 heavy (non-hydrogen) atoms. The minimum atomic E-state index is -0.589. The van der Waals surface area contributed by atoms with Crippen LogP contribution < -0.4 is 11.5 Å². The molecule has 0 spiro atoms. The number of aliphatic hydroxyl groups excluding tert-OH is 1. The van der Waals surface area contributed by atoms with Crippen LogP contribution >= 0.6 is 0 Å². The van der Waals surface area contributed by atoms with E-state index in [1.165, 1.54) is 6.20 Å². The smallest absolute Gasteiger partial charge is 0.0705 e.